The van der Waals surface area contributed by atoms with Gasteiger partial charge in [-0.05, 0) is 74.6 Å². The number of aliphatic hydroxyl groups excluding tert-OH is 1. The molecule has 4 atom stereocenters. The normalized spacial score (nSPS) is 30.6. The average molecular weight is 501 g/mol. The van der Waals surface area contributed by atoms with E-state index < -0.39 is 0 Å². The van der Waals surface area contributed by atoms with Gasteiger partial charge in [0.2, 0.25) is 0 Å². The Morgan fingerprint density at radius 3 is 2.65 bits per heavy atom. The Morgan fingerprint density at radius 1 is 1.11 bits per heavy atom. The molecule has 0 amide bonds. The molecule has 2 aromatic heterocycles. The van der Waals surface area contributed by atoms with Crippen molar-refractivity contribution in [2.45, 2.75) is 51.6 Å². The van der Waals surface area contributed by atoms with Crippen LogP contribution < -0.4 is 4.90 Å². The van der Waals surface area contributed by atoms with Crippen LogP contribution in [0.4, 0.5) is 5.82 Å². The van der Waals surface area contributed by atoms with Gasteiger partial charge in [0.15, 0.2) is 5.82 Å². The summed E-state index contributed by atoms with van der Waals surface area (Å²) in [7, 11) is 0. The fourth-order valence-corrected chi connectivity index (χ4v) is 7.13. The minimum atomic E-state index is 0.0432. The van der Waals surface area contributed by atoms with Gasteiger partial charge in [-0.15, -0.1) is 0 Å². The molecule has 8 heteroatoms. The fraction of sp³-hybridized carbons (Fsp3) is 0.552. The molecular formula is C29H36N6O2. The van der Waals surface area contributed by atoms with Gasteiger partial charge in [0.1, 0.15) is 11.6 Å². The van der Waals surface area contributed by atoms with E-state index in [1.54, 1.807) is 0 Å². The Labute approximate surface area is 218 Å². The lowest BCUT2D eigenvalue weighted by Crippen LogP contribution is -2.35. The number of piperidine rings is 1. The van der Waals surface area contributed by atoms with Gasteiger partial charge in [-0.25, -0.2) is 14.6 Å². The van der Waals surface area contributed by atoms with E-state index in [4.69, 9.17) is 19.8 Å². The van der Waals surface area contributed by atoms with Crippen LogP contribution in [0.25, 0.3) is 16.7 Å². The predicted octanol–water partition coefficient (Wildman–Crippen LogP) is 3.38. The summed E-state index contributed by atoms with van der Waals surface area (Å²) in [6.45, 7) is 11.4. The molecule has 1 N–H and O–H groups in total. The first-order valence-corrected chi connectivity index (χ1v) is 13.7. The van der Waals surface area contributed by atoms with Crippen molar-refractivity contribution in [3.63, 3.8) is 0 Å². The van der Waals surface area contributed by atoms with Gasteiger partial charge >= 0.3 is 0 Å². The quantitative estimate of drug-likeness (QED) is 0.538. The van der Waals surface area contributed by atoms with Gasteiger partial charge in [-0.1, -0.05) is 11.6 Å². The monoisotopic (exact) mass is 500 g/mol. The highest BCUT2D eigenvalue weighted by molar-refractivity contribution is 5.82. The maximum absolute atomic E-state index is 10.00. The molecule has 4 aliphatic rings. The summed E-state index contributed by atoms with van der Waals surface area (Å²) < 4.78 is 7.61. The van der Waals surface area contributed by atoms with E-state index >= 15 is 0 Å². The molecule has 0 spiro atoms. The molecule has 3 aromatic rings. The first-order chi connectivity index (χ1) is 18.0. The molecule has 3 aliphatic heterocycles. The summed E-state index contributed by atoms with van der Waals surface area (Å²) in [4.78, 5) is 14.4. The minimum absolute atomic E-state index is 0.0432. The van der Waals surface area contributed by atoms with Gasteiger partial charge in [0.05, 0.1) is 31.0 Å². The lowest BCUT2D eigenvalue weighted by Gasteiger charge is -2.25. The first-order valence-electron chi connectivity index (χ1n) is 13.7. The summed E-state index contributed by atoms with van der Waals surface area (Å²) in [5.41, 5.74) is 5.26. The molecule has 7 rings (SSSR count). The average Bonchev–Trinajstić information content (AvgIpc) is 3.51. The van der Waals surface area contributed by atoms with Crippen molar-refractivity contribution in [2.24, 2.45) is 11.8 Å². The number of aliphatic hydroxyl groups is 1. The summed E-state index contributed by atoms with van der Waals surface area (Å²) in [6.07, 6.45) is 6.15. The van der Waals surface area contributed by atoms with Crippen LogP contribution in [-0.4, -0.2) is 81.3 Å². The molecule has 5 heterocycles. The Hall–Kier alpha value is -2.81. The molecule has 3 saturated heterocycles. The molecule has 1 aromatic carbocycles. The van der Waals surface area contributed by atoms with Crippen molar-refractivity contribution in [2.75, 3.05) is 44.4 Å². The zero-order valence-corrected chi connectivity index (χ0v) is 22.0. The van der Waals surface area contributed by atoms with E-state index in [9.17, 15) is 5.11 Å². The topological polar surface area (TPSA) is 79.5 Å². The van der Waals surface area contributed by atoms with Crippen LogP contribution in [0.15, 0.2) is 36.0 Å². The zero-order valence-electron chi connectivity index (χ0n) is 22.0. The van der Waals surface area contributed by atoms with Crippen LogP contribution in [0.3, 0.4) is 0 Å². The molecule has 1 aliphatic carbocycles. The van der Waals surface area contributed by atoms with Crippen molar-refractivity contribution in [3.05, 3.63) is 53.0 Å². The summed E-state index contributed by atoms with van der Waals surface area (Å²) in [5.74, 6) is 4.49. The number of fused-ring (bicyclic) bond motifs is 2. The molecule has 8 nitrogen and oxygen atoms in total. The highest BCUT2D eigenvalue weighted by Gasteiger charge is 2.57. The van der Waals surface area contributed by atoms with E-state index in [-0.39, 0.29) is 12.6 Å². The standard InChI is InChI=1S/C29H36N6O2/c1-4-19-8-22(15-36)34(12-19)27-10-28(32-18(3)31-27)35-26-9-23(17(2)7-20(26)11-30-35)29-24-13-33(14-25(24)29)21-5-6-37-16-21/h4,7,9-11,21-22,24-25,29,36H,5-6,8,12-16H2,1-3H3/b19-4-/t21-,22?,24?,25?,29?/m0/s1. The number of aryl methyl sites for hydroxylation is 2. The summed E-state index contributed by atoms with van der Waals surface area (Å²) in [6, 6.07) is 7.35. The number of rotatable bonds is 5. The molecule has 194 valence electrons. The highest BCUT2D eigenvalue weighted by Crippen LogP contribution is 2.59. The second-order valence-corrected chi connectivity index (χ2v) is 11.4. The van der Waals surface area contributed by atoms with Crippen LogP contribution >= 0.6 is 0 Å². The molecular weight excluding hydrogens is 464 g/mol. The number of hydrogen-bond acceptors (Lipinski definition) is 7. The van der Waals surface area contributed by atoms with E-state index in [0.29, 0.717) is 17.8 Å². The van der Waals surface area contributed by atoms with E-state index in [1.807, 2.05) is 23.9 Å². The van der Waals surface area contributed by atoms with Crippen molar-refractivity contribution >= 4 is 16.7 Å². The summed E-state index contributed by atoms with van der Waals surface area (Å²) in [5, 5.41) is 15.9. The third kappa shape index (κ3) is 3.88. The van der Waals surface area contributed by atoms with Gasteiger partial charge in [-0.3, -0.25) is 4.90 Å². The summed E-state index contributed by atoms with van der Waals surface area (Å²) >= 11 is 0. The number of allylic oxidation sites excluding steroid dienone is 1. The number of aromatic nitrogens is 4. The van der Waals surface area contributed by atoms with Crippen LogP contribution in [0, 0.1) is 25.7 Å². The third-order valence-electron chi connectivity index (χ3n) is 9.21. The molecule has 1 saturated carbocycles. The lowest BCUT2D eigenvalue weighted by atomic mass is 9.99. The van der Waals surface area contributed by atoms with E-state index in [0.717, 1.165) is 60.6 Å². The maximum atomic E-state index is 10.00. The number of anilines is 1. The number of benzene rings is 1. The zero-order chi connectivity index (χ0) is 25.3. The largest absolute Gasteiger partial charge is 0.394 e. The van der Waals surface area contributed by atoms with Crippen LogP contribution in [0.5, 0.6) is 0 Å². The minimum Gasteiger partial charge on any atom is -0.394 e. The fourth-order valence-electron chi connectivity index (χ4n) is 7.13. The molecule has 37 heavy (non-hydrogen) atoms. The van der Waals surface area contributed by atoms with Crippen molar-refractivity contribution in [1.29, 1.82) is 0 Å². The van der Waals surface area contributed by atoms with Gasteiger partial charge in [-0.2, -0.15) is 5.10 Å². The van der Waals surface area contributed by atoms with Crippen LogP contribution in [0.2, 0.25) is 0 Å². The van der Waals surface area contributed by atoms with Crippen molar-refractivity contribution in [1.82, 2.24) is 24.6 Å². The predicted molar refractivity (Wildman–Crippen MR) is 143 cm³/mol. The Morgan fingerprint density at radius 2 is 1.92 bits per heavy atom. The maximum Gasteiger partial charge on any atom is 0.159 e. The Kier molecular flexibility index (Phi) is 5.60. The van der Waals surface area contributed by atoms with Gasteiger partial charge in [0.25, 0.3) is 0 Å². The van der Waals surface area contributed by atoms with Crippen LogP contribution in [0.1, 0.15) is 42.6 Å². The molecule has 0 bridgehead atoms. The number of ether oxygens (including phenoxy) is 1. The second kappa shape index (κ2) is 8.89. The number of hydrogen-bond donors (Lipinski definition) is 1. The molecule has 4 fully saturated rings. The van der Waals surface area contributed by atoms with Crippen LogP contribution in [-0.2, 0) is 4.74 Å². The molecule has 0 radical (unpaired) electrons. The van der Waals surface area contributed by atoms with Gasteiger partial charge in [0, 0.05) is 43.7 Å². The number of nitrogens with zero attached hydrogens (tertiary/aromatic N) is 6. The Balaban J connectivity index is 1.20. The third-order valence-corrected chi connectivity index (χ3v) is 9.21. The SMILES string of the molecule is C/C=C1/CC(CO)N(c2cc(-n3ncc4cc(C)c(C5C6CN([C@H]7CCOC7)CC65)cc43)nc(C)n2)C1. The molecule has 3 unspecified atom stereocenters. The van der Waals surface area contributed by atoms with E-state index in [2.05, 4.69) is 41.9 Å². The first kappa shape index (κ1) is 23.3. The smallest absolute Gasteiger partial charge is 0.159 e. The lowest BCUT2D eigenvalue weighted by molar-refractivity contribution is 0.151. The van der Waals surface area contributed by atoms with Gasteiger partial charge < -0.3 is 14.7 Å². The van der Waals surface area contributed by atoms with E-state index in [1.165, 1.54) is 36.2 Å². The second-order valence-electron chi connectivity index (χ2n) is 11.4. The highest BCUT2D eigenvalue weighted by atomic mass is 16.5. The number of likely N-dealkylation sites (tertiary alicyclic amines) is 1. The van der Waals surface area contributed by atoms with Crippen molar-refractivity contribution < 1.29 is 9.84 Å². The Bertz CT molecular complexity index is 1360. The van der Waals surface area contributed by atoms with Crippen molar-refractivity contribution in [3.8, 4) is 5.82 Å².